The molecule has 2 aromatic carbocycles. The zero-order valence-corrected chi connectivity index (χ0v) is 20.3. The van der Waals surface area contributed by atoms with Gasteiger partial charge in [0.2, 0.25) is 5.91 Å². The number of likely N-dealkylation sites (N-methyl/N-ethyl adjacent to an activating group) is 1. The molecular weight excluding hydrogens is 472 g/mol. The number of hydrogen-bond acceptors (Lipinski definition) is 5. The molecule has 0 unspecified atom stereocenters. The third-order valence-electron chi connectivity index (χ3n) is 6.18. The largest absolute Gasteiger partial charge is 0.366 e. The zero-order valence-electron chi connectivity index (χ0n) is 20.3. The van der Waals surface area contributed by atoms with Crippen molar-refractivity contribution in [3.8, 4) is 11.1 Å². The van der Waals surface area contributed by atoms with E-state index in [0.29, 0.717) is 22.5 Å². The average Bonchev–Trinajstić information content (AvgIpc) is 3.40. The lowest BCUT2D eigenvalue weighted by molar-refractivity contribution is -0.125. The predicted octanol–water partition coefficient (Wildman–Crippen LogP) is 3.05. The van der Waals surface area contributed by atoms with Gasteiger partial charge in [-0.15, -0.1) is 0 Å². The van der Waals surface area contributed by atoms with Crippen LogP contribution in [0.2, 0.25) is 0 Å². The minimum Gasteiger partial charge on any atom is -0.366 e. The van der Waals surface area contributed by atoms with Crippen molar-refractivity contribution in [1.29, 1.82) is 0 Å². The molecule has 1 aliphatic heterocycles. The first-order valence-electron chi connectivity index (χ1n) is 11.5. The number of imide groups is 1. The highest BCUT2D eigenvalue weighted by Crippen LogP contribution is 2.26. The van der Waals surface area contributed by atoms with Crippen LogP contribution in [0.25, 0.3) is 16.6 Å². The molecule has 186 valence electrons. The van der Waals surface area contributed by atoms with Gasteiger partial charge in [-0.2, -0.15) is 0 Å². The van der Waals surface area contributed by atoms with E-state index in [9.17, 15) is 19.2 Å². The Bertz CT molecular complexity index is 1570. The number of rotatable bonds is 6. The van der Waals surface area contributed by atoms with E-state index < -0.39 is 11.8 Å². The molecule has 4 aromatic rings. The second-order valence-electron chi connectivity index (χ2n) is 8.97. The highest BCUT2D eigenvalue weighted by molar-refractivity contribution is 6.08. The lowest BCUT2D eigenvalue weighted by atomic mass is 10.1. The second kappa shape index (κ2) is 9.23. The number of aryl methyl sites for hydroxylation is 1. The molecule has 0 bridgehead atoms. The summed E-state index contributed by atoms with van der Waals surface area (Å²) in [5.74, 6) is -1.22. The molecule has 5 rings (SSSR count). The fraction of sp³-hybridized carbons (Fsp3) is 0.148. The zero-order chi connectivity index (χ0) is 26.3. The summed E-state index contributed by atoms with van der Waals surface area (Å²) in [4.78, 5) is 55.9. The standard InChI is InChI=1S/C27H24N6O4/c1-16-12-32-14-20(18-8-6-17(7-9-18)13-33-23(34)15-31(2)27(33)37)11-22(32)24(29-16)26(36)30-21-5-3-4-19(10-21)25(28)35/h3-12,14H,13,15H2,1-2H3,(H2,28,35)(H,30,36). The van der Waals surface area contributed by atoms with Gasteiger partial charge in [0, 0.05) is 36.3 Å². The van der Waals surface area contributed by atoms with Crippen LogP contribution in [0.3, 0.4) is 0 Å². The molecule has 0 aliphatic carbocycles. The number of amides is 5. The van der Waals surface area contributed by atoms with Crippen LogP contribution in [-0.2, 0) is 11.3 Å². The smallest absolute Gasteiger partial charge is 0.327 e. The second-order valence-corrected chi connectivity index (χ2v) is 8.97. The van der Waals surface area contributed by atoms with Gasteiger partial charge in [-0.3, -0.25) is 19.3 Å². The van der Waals surface area contributed by atoms with Crippen molar-refractivity contribution in [3.05, 3.63) is 89.5 Å². The molecule has 0 spiro atoms. The number of nitrogens with two attached hydrogens (primary N) is 1. The van der Waals surface area contributed by atoms with Crippen molar-refractivity contribution in [2.24, 2.45) is 5.73 Å². The SMILES string of the molecule is Cc1cn2cc(-c3ccc(CN4C(=O)CN(C)C4=O)cc3)cc2c(C(=O)Nc2cccc(C(N)=O)c2)n1. The minimum atomic E-state index is -0.583. The van der Waals surface area contributed by atoms with E-state index in [-0.39, 0.29) is 30.7 Å². The number of aromatic nitrogens is 2. The Hall–Kier alpha value is -4.99. The van der Waals surface area contributed by atoms with Crippen LogP contribution < -0.4 is 11.1 Å². The molecule has 0 atom stereocenters. The maximum Gasteiger partial charge on any atom is 0.327 e. The lowest BCUT2D eigenvalue weighted by Gasteiger charge is -2.14. The van der Waals surface area contributed by atoms with Crippen LogP contribution in [0.1, 0.15) is 32.1 Å². The molecule has 37 heavy (non-hydrogen) atoms. The fourth-order valence-corrected chi connectivity index (χ4v) is 4.31. The molecular formula is C27H24N6O4. The first-order chi connectivity index (χ1) is 17.7. The number of benzene rings is 2. The normalized spacial score (nSPS) is 13.5. The van der Waals surface area contributed by atoms with Crippen LogP contribution in [0.4, 0.5) is 10.5 Å². The van der Waals surface area contributed by atoms with Crippen LogP contribution in [0, 0.1) is 6.92 Å². The van der Waals surface area contributed by atoms with Gasteiger partial charge in [-0.1, -0.05) is 30.3 Å². The molecule has 3 heterocycles. The monoisotopic (exact) mass is 496 g/mol. The van der Waals surface area contributed by atoms with E-state index in [1.807, 2.05) is 47.1 Å². The van der Waals surface area contributed by atoms with Gasteiger partial charge in [0.05, 0.1) is 17.8 Å². The van der Waals surface area contributed by atoms with Crippen molar-refractivity contribution in [2.45, 2.75) is 13.5 Å². The summed E-state index contributed by atoms with van der Waals surface area (Å²) >= 11 is 0. The summed E-state index contributed by atoms with van der Waals surface area (Å²) in [7, 11) is 1.60. The molecule has 1 saturated heterocycles. The summed E-state index contributed by atoms with van der Waals surface area (Å²) in [6, 6.07) is 15.5. The molecule has 2 aromatic heterocycles. The van der Waals surface area contributed by atoms with E-state index in [1.54, 1.807) is 32.2 Å². The van der Waals surface area contributed by atoms with Gasteiger partial charge in [-0.25, -0.2) is 9.78 Å². The van der Waals surface area contributed by atoms with Gasteiger partial charge < -0.3 is 20.4 Å². The van der Waals surface area contributed by atoms with Crippen LogP contribution >= 0.6 is 0 Å². The van der Waals surface area contributed by atoms with Crippen LogP contribution in [-0.4, -0.2) is 56.5 Å². The number of anilines is 1. The van der Waals surface area contributed by atoms with E-state index >= 15 is 0 Å². The summed E-state index contributed by atoms with van der Waals surface area (Å²) in [5, 5.41) is 2.79. The number of hydrogen-bond donors (Lipinski definition) is 2. The highest BCUT2D eigenvalue weighted by Gasteiger charge is 2.33. The molecule has 5 amide bonds. The van der Waals surface area contributed by atoms with Crippen molar-refractivity contribution >= 4 is 35.0 Å². The number of nitrogens with zero attached hydrogens (tertiary/aromatic N) is 4. The summed E-state index contributed by atoms with van der Waals surface area (Å²) in [6.07, 6.45) is 3.74. The Balaban J connectivity index is 1.40. The number of primary amides is 1. The molecule has 0 radical (unpaired) electrons. The molecule has 0 saturated carbocycles. The van der Waals surface area contributed by atoms with Crippen molar-refractivity contribution in [1.82, 2.24) is 19.2 Å². The Labute approximate surface area is 212 Å². The number of carbonyl (C=O) groups is 4. The minimum absolute atomic E-state index is 0.0915. The Kier molecular flexibility index (Phi) is 5.92. The molecule has 10 nitrogen and oxygen atoms in total. The van der Waals surface area contributed by atoms with Gasteiger partial charge in [-0.05, 0) is 42.3 Å². The van der Waals surface area contributed by atoms with Gasteiger partial charge in [0.15, 0.2) is 5.69 Å². The van der Waals surface area contributed by atoms with E-state index in [0.717, 1.165) is 16.7 Å². The van der Waals surface area contributed by atoms with Gasteiger partial charge in [0.1, 0.15) is 6.54 Å². The number of fused-ring (bicyclic) bond motifs is 1. The number of urea groups is 1. The summed E-state index contributed by atoms with van der Waals surface area (Å²) in [6.45, 7) is 2.11. The first-order valence-corrected chi connectivity index (χ1v) is 11.5. The van der Waals surface area contributed by atoms with Crippen LogP contribution in [0.15, 0.2) is 67.0 Å². The maximum atomic E-state index is 13.1. The third kappa shape index (κ3) is 4.64. The van der Waals surface area contributed by atoms with Crippen molar-refractivity contribution in [2.75, 3.05) is 18.9 Å². The Morgan fingerprint density at radius 3 is 2.46 bits per heavy atom. The first kappa shape index (κ1) is 23.7. The summed E-state index contributed by atoms with van der Waals surface area (Å²) in [5.41, 5.74) is 10.2. The van der Waals surface area contributed by atoms with Crippen molar-refractivity contribution < 1.29 is 19.2 Å². The molecule has 1 fully saturated rings. The molecule has 1 aliphatic rings. The van der Waals surface area contributed by atoms with Crippen LogP contribution in [0.5, 0.6) is 0 Å². The third-order valence-corrected chi connectivity index (χ3v) is 6.18. The quantitative estimate of drug-likeness (QED) is 0.396. The van der Waals surface area contributed by atoms with Gasteiger partial charge in [0.25, 0.3) is 11.8 Å². The van der Waals surface area contributed by atoms with Crippen molar-refractivity contribution in [3.63, 3.8) is 0 Å². The summed E-state index contributed by atoms with van der Waals surface area (Å²) < 4.78 is 1.84. The molecule has 3 N–H and O–H groups in total. The fourth-order valence-electron chi connectivity index (χ4n) is 4.31. The van der Waals surface area contributed by atoms with Gasteiger partial charge >= 0.3 is 6.03 Å². The van der Waals surface area contributed by atoms with E-state index in [2.05, 4.69) is 10.3 Å². The predicted molar refractivity (Wildman–Crippen MR) is 137 cm³/mol. The number of nitrogens with one attached hydrogen (secondary N) is 1. The topological polar surface area (TPSA) is 130 Å². The number of carbonyl (C=O) groups excluding carboxylic acids is 4. The van der Waals surface area contributed by atoms with E-state index in [1.165, 1.54) is 15.9 Å². The average molecular weight is 497 g/mol. The Morgan fingerprint density at radius 2 is 1.78 bits per heavy atom. The highest BCUT2D eigenvalue weighted by atomic mass is 16.2. The maximum absolute atomic E-state index is 13.1. The van der Waals surface area contributed by atoms with E-state index in [4.69, 9.17) is 5.73 Å². The lowest BCUT2D eigenvalue weighted by Crippen LogP contribution is -2.30. The Morgan fingerprint density at radius 1 is 1.03 bits per heavy atom. The molecule has 10 heteroatoms.